The van der Waals surface area contributed by atoms with Crippen LogP contribution in [-0.2, 0) is 0 Å². The monoisotopic (exact) mass is 328 g/mol. The van der Waals surface area contributed by atoms with E-state index in [1.807, 2.05) is 6.07 Å². The number of nitrogens with zero attached hydrogens (tertiary/aromatic N) is 4. The molecule has 0 atom stereocenters. The van der Waals surface area contributed by atoms with Gasteiger partial charge in [0, 0.05) is 0 Å². The van der Waals surface area contributed by atoms with Crippen LogP contribution in [0.2, 0.25) is 0 Å². The maximum atomic E-state index is 13.7. The molecule has 2 heterocycles. The van der Waals surface area contributed by atoms with Gasteiger partial charge in [-0.2, -0.15) is 10.2 Å². The van der Waals surface area contributed by atoms with Gasteiger partial charge in [-0.05, 0) is 30.3 Å². The summed E-state index contributed by atoms with van der Waals surface area (Å²) < 4.78 is 41.4. The molecule has 0 spiro atoms. The van der Waals surface area contributed by atoms with E-state index in [1.54, 1.807) is 18.2 Å². The number of halogens is 3. The molecule has 0 fully saturated rings. The van der Waals surface area contributed by atoms with E-state index in [0.29, 0.717) is 16.6 Å². The highest BCUT2D eigenvalue weighted by molar-refractivity contribution is 5.81. The minimum Gasteiger partial charge on any atom is -0.322 e. The van der Waals surface area contributed by atoms with E-state index in [0.717, 1.165) is 12.1 Å². The van der Waals surface area contributed by atoms with Gasteiger partial charge in [-0.3, -0.25) is 5.10 Å². The van der Waals surface area contributed by atoms with Crippen molar-refractivity contribution in [3.63, 3.8) is 0 Å². The van der Waals surface area contributed by atoms with E-state index < -0.39 is 17.5 Å². The standard InChI is InChI=1S/C15H7F3N6/c16-8-2-3-9(13(18)12(8)17)20-14-22-15-21-10-5-7(6-19)1-4-11(10)24(15)23-14/h1-5H,(H2,20,21,22,23). The third kappa shape index (κ3) is 2.04. The zero-order valence-corrected chi connectivity index (χ0v) is 11.8. The molecule has 118 valence electrons. The lowest BCUT2D eigenvalue weighted by Crippen LogP contribution is -2.00. The lowest BCUT2D eigenvalue weighted by Gasteiger charge is -2.05. The summed E-state index contributed by atoms with van der Waals surface area (Å²) in [5.74, 6) is -3.79. The van der Waals surface area contributed by atoms with E-state index >= 15 is 0 Å². The van der Waals surface area contributed by atoms with Crippen molar-refractivity contribution in [2.45, 2.75) is 0 Å². The molecule has 0 saturated heterocycles. The summed E-state index contributed by atoms with van der Waals surface area (Å²) in [5.41, 5.74) is 1.43. The molecule has 2 N–H and O–H groups in total. The number of aromatic amines is 1. The summed E-state index contributed by atoms with van der Waals surface area (Å²) in [6, 6.07) is 8.82. The lowest BCUT2D eigenvalue weighted by molar-refractivity contribution is 0.449. The first-order chi connectivity index (χ1) is 11.6. The Morgan fingerprint density at radius 1 is 1.08 bits per heavy atom. The predicted octanol–water partition coefficient (Wildman–Crippen LogP) is 3.24. The smallest absolute Gasteiger partial charge is 0.253 e. The van der Waals surface area contributed by atoms with Crippen LogP contribution < -0.4 is 5.32 Å². The van der Waals surface area contributed by atoms with Gasteiger partial charge in [0.25, 0.3) is 5.78 Å². The number of H-pyrrole nitrogens is 1. The van der Waals surface area contributed by atoms with Gasteiger partial charge in [0.2, 0.25) is 5.95 Å². The molecule has 0 aliphatic heterocycles. The molecule has 4 rings (SSSR count). The zero-order chi connectivity index (χ0) is 16.8. The molecule has 9 heteroatoms. The minimum atomic E-state index is -1.56. The number of fused-ring (bicyclic) bond motifs is 3. The SMILES string of the molecule is N#Cc1ccc2c(c1)nc1nc(Nc3ccc(F)c(F)c3F)[nH]n12. The van der Waals surface area contributed by atoms with Gasteiger partial charge in [-0.1, -0.05) is 0 Å². The van der Waals surface area contributed by atoms with E-state index in [2.05, 4.69) is 20.4 Å². The summed E-state index contributed by atoms with van der Waals surface area (Å²) in [6.45, 7) is 0. The molecular formula is C15H7F3N6. The van der Waals surface area contributed by atoms with Gasteiger partial charge < -0.3 is 5.32 Å². The predicted molar refractivity (Wildman–Crippen MR) is 79.2 cm³/mol. The third-order valence-electron chi connectivity index (χ3n) is 3.48. The molecular weight excluding hydrogens is 321 g/mol. The Morgan fingerprint density at radius 3 is 2.71 bits per heavy atom. The Kier molecular flexibility index (Phi) is 2.93. The normalized spacial score (nSPS) is 11.1. The second kappa shape index (κ2) is 4.99. The number of rotatable bonds is 2. The fraction of sp³-hybridized carbons (Fsp3) is 0. The number of nitrogens with one attached hydrogen (secondary N) is 2. The summed E-state index contributed by atoms with van der Waals surface area (Å²) in [7, 11) is 0. The molecule has 0 aliphatic rings. The molecule has 4 aromatic rings. The van der Waals surface area contributed by atoms with E-state index in [9.17, 15) is 13.2 Å². The molecule has 2 aromatic heterocycles. The topological polar surface area (TPSA) is 81.8 Å². The number of hydrogen-bond acceptors (Lipinski definition) is 4. The Balaban J connectivity index is 1.76. The summed E-state index contributed by atoms with van der Waals surface area (Å²) in [5, 5.41) is 14.3. The van der Waals surface area contributed by atoms with Crippen molar-refractivity contribution in [2.24, 2.45) is 0 Å². The number of imidazole rings is 1. The number of aromatic nitrogens is 4. The molecule has 0 unspecified atom stereocenters. The molecule has 24 heavy (non-hydrogen) atoms. The van der Waals surface area contributed by atoms with Crippen molar-refractivity contribution < 1.29 is 13.2 Å². The van der Waals surface area contributed by atoms with Crippen molar-refractivity contribution >= 4 is 28.4 Å². The Bertz CT molecular complexity index is 1140. The highest BCUT2D eigenvalue weighted by Crippen LogP contribution is 2.23. The highest BCUT2D eigenvalue weighted by Gasteiger charge is 2.15. The minimum absolute atomic E-state index is 0.105. The van der Waals surface area contributed by atoms with Crippen LogP contribution in [0.5, 0.6) is 0 Å². The summed E-state index contributed by atoms with van der Waals surface area (Å²) in [4.78, 5) is 8.36. The zero-order valence-electron chi connectivity index (χ0n) is 11.8. The first-order valence-electron chi connectivity index (χ1n) is 6.75. The second-order valence-corrected chi connectivity index (χ2v) is 4.98. The first-order valence-corrected chi connectivity index (χ1v) is 6.75. The third-order valence-corrected chi connectivity index (χ3v) is 3.48. The molecule has 0 amide bonds. The highest BCUT2D eigenvalue weighted by atomic mass is 19.2. The maximum absolute atomic E-state index is 13.7. The number of hydrogen-bond donors (Lipinski definition) is 2. The van der Waals surface area contributed by atoms with Gasteiger partial charge in [-0.15, -0.1) is 0 Å². The van der Waals surface area contributed by atoms with Crippen molar-refractivity contribution in [3.8, 4) is 6.07 Å². The van der Waals surface area contributed by atoms with E-state index in [1.165, 1.54) is 4.52 Å². The maximum Gasteiger partial charge on any atom is 0.253 e. The average molecular weight is 328 g/mol. The fourth-order valence-corrected chi connectivity index (χ4v) is 2.36. The van der Waals surface area contributed by atoms with Gasteiger partial charge in [0.1, 0.15) is 0 Å². The molecule has 2 aromatic carbocycles. The van der Waals surface area contributed by atoms with Crippen LogP contribution in [-0.4, -0.2) is 19.6 Å². The van der Waals surface area contributed by atoms with Gasteiger partial charge in [0.15, 0.2) is 17.5 Å². The van der Waals surface area contributed by atoms with Crippen LogP contribution in [0, 0.1) is 28.8 Å². The van der Waals surface area contributed by atoms with Crippen LogP contribution in [0.25, 0.3) is 16.8 Å². The Labute approximate surface area is 132 Å². The number of nitriles is 1. The second-order valence-electron chi connectivity index (χ2n) is 4.98. The van der Waals surface area contributed by atoms with Crippen molar-refractivity contribution in [1.82, 2.24) is 19.6 Å². The van der Waals surface area contributed by atoms with Crippen LogP contribution in [0.1, 0.15) is 5.56 Å². The van der Waals surface area contributed by atoms with E-state index in [4.69, 9.17) is 5.26 Å². The summed E-state index contributed by atoms with van der Waals surface area (Å²) in [6.07, 6.45) is 0. The van der Waals surface area contributed by atoms with Crippen molar-refractivity contribution in [2.75, 3.05) is 5.32 Å². The van der Waals surface area contributed by atoms with Gasteiger partial charge in [0.05, 0.1) is 28.4 Å². The lowest BCUT2D eigenvalue weighted by atomic mass is 10.2. The molecule has 0 saturated carbocycles. The number of anilines is 2. The van der Waals surface area contributed by atoms with Crippen LogP contribution in [0.3, 0.4) is 0 Å². The summed E-state index contributed by atoms with van der Waals surface area (Å²) >= 11 is 0. The first kappa shape index (κ1) is 14.1. The van der Waals surface area contributed by atoms with Gasteiger partial charge >= 0.3 is 0 Å². The number of benzene rings is 2. The molecule has 0 aliphatic carbocycles. The quantitative estimate of drug-likeness (QED) is 0.554. The Hall–Kier alpha value is -3.54. The largest absolute Gasteiger partial charge is 0.322 e. The Morgan fingerprint density at radius 2 is 1.92 bits per heavy atom. The molecule has 0 radical (unpaired) electrons. The van der Waals surface area contributed by atoms with Gasteiger partial charge in [-0.25, -0.2) is 22.7 Å². The van der Waals surface area contributed by atoms with E-state index in [-0.39, 0.29) is 17.4 Å². The van der Waals surface area contributed by atoms with Crippen molar-refractivity contribution in [3.05, 3.63) is 53.3 Å². The van der Waals surface area contributed by atoms with Crippen LogP contribution in [0.4, 0.5) is 24.8 Å². The van der Waals surface area contributed by atoms with Crippen LogP contribution in [0.15, 0.2) is 30.3 Å². The van der Waals surface area contributed by atoms with Crippen molar-refractivity contribution in [1.29, 1.82) is 5.26 Å². The van der Waals surface area contributed by atoms with Crippen LogP contribution >= 0.6 is 0 Å². The molecule has 6 nitrogen and oxygen atoms in total. The molecule has 0 bridgehead atoms. The fourth-order valence-electron chi connectivity index (χ4n) is 2.36. The average Bonchev–Trinajstić information content (AvgIpc) is 3.11.